The molecule has 2 rings (SSSR count). The van der Waals surface area contributed by atoms with Crippen LogP contribution in [-0.4, -0.2) is 37.6 Å². The van der Waals surface area contributed by atoms with Crippen molar-refractivity contribution < 1.29 is 0 Å². The minimum atomic E-state index is 0.249. The van der Waals surface area contributed by atoms with Crippen LogP contribution in [0.4, 0.5) is 5.69 Å². The van der Waals surface area contributed by atoms with Crippen LogP contribution in [0.1, 0.15) is 44.7 Å². The van der Waals surface area contributed by atoms with E-state index in [0.29, 0.717) is 12.1 Å². The molecule has 3 nitrogen and oxygen atoms in total. The van der Waals surface area contributed by atoms with Gasteiger partial charge in [-0.2, -0.15) is 0 Å². The van der Waals surface area contributed by atoms with Crippen LogP contribution >= 0.6 is 0 Å². The highest BCUT2D eigenvalue weighted by Gasteiger charge is 2.29. The first-order chi connectivity index (χ1) is 9.50. The third-order valence-electron chi connectivity index (χ3n) is 4.59. The van der Waals surface area contributed by atoms with Gasteiger partial charge in [-0.3, -0.25) is 4.90 Å². The normalized spacial score (nSPS) is 23.4. The topological polar surface area (TPSA) is 32.5 Å². The molecule has 1 saturated heterocycles. The Morgan fingerprint density at radius 2 is 1.80 bits per heavy atom. The van der Waals surface area contributed by atoms with Gasteiger partial charge >= 0.3 is 0 Å². The minimum Gasteiger partial charge on any atom is -0.378 e. The molecule has 3 unspecified atom stereocenters. The molecule has 0 saturated carbocycles. The van der Waals surface area contributed by atoms with Gasteiger partial charge in [-0.05, 0) is 50.9 Å². The maximum atomic E-state index is 6.19. The number of benzene rings is 1. The summed E-state index contributed by atoms with van der Waals surface area (Å²) in [4.78, 5) is 4.74. The number of rotatable bonds is 4. The van der Waals surface area contributed by atoms with Gasteiger partial charge in [-0.1, -0.05) is 18.6 Å². The van der Waals surface area contributed by atoms with Crippen LogP contribution in [0.2, 0.25) is 0 Å². The van der Waals surface area contributed by atoms with Crippen molar-refractivity contribution in [2.45, 2.75) is 51.2 Å². The number of likely N-dealkylation sites (tertiary alicyclic amines) is 1. The molecule has 0 radical (unpaired) electrons. The van der Waals surface area contributed by atoms with Crippen LogP contribution < -0.4 is 10.6 Å². The second-order valence-electron chi connectivity index (χ2n) is 6.32. The van der Waals surface area contributed by atoms with E-state index in [0.717, 1.165) is 0 Å². The first-order valence-electron chi connectivity index (χ1n) is 7.79. The predicted octanol–water partition coefficient (Wildman–Crippen LogP) is 3.02. The summed E-state index contributed by atoms with van der Waals surface area (Å²) in [6, 6.07) is 10.1. The first-order valence-corrected chi connectivity index (χ1v) is 7.79. The van der Waals surface area contributed by atoms with E-state index in [1.807, 2.05) is 0 Å². The molecular weight excluding hydrogens is 246 g/mol. The maximum absolute atomic E-state index is 6.19. The van der Waals surface area contributed by atoms with Crippen molar-refractivity contribution in [1.29, 1.82) is 0 Å². The molecule has 1 aliphatic heterocycles. The van der Waals surface area contributed by atoms with Crippen molar-refractivity contribution in [3.8, 4) is 0 Å². The summed E-state index contributed by atoms with van der Waals surface area (Å²) < 4.78 is 0. The molecule has 3 atom stereocenters. The van der Waals surface area contributed by atoms with E-state index in [1.54, 1.807) is 0 Å². The maximum Gasteiger partial charge on any atom is 0.0361 e. The third kappa shape index (κ3) is 3.33. The summed E-state index contributed by atoms with van der Waals surface area (Å²) in [6.07, 6.45) is 3.84. The highest BCUT2D eigenvalue weighted by molar-refractivity contribution is 5.46. The molecule has 2 N–H and O–H groups in total. The van der Waals surface area contributed by atoms with E-state index in [4.69, 9.17) is 5.73 Å². The highest BCUT2D eigenvalue weighted by atomic mass is 15.2. The summed E-state index contributed by atoms with van der Waals surface area (Å²) in [5.41, 5.74) is 8.83. The summed E-state index contributed by atoms with van der Waals surface area (Å²) in [7, 11) is 4.16. The smallest absolute Gasteiger partial charge is 0.0361 e. The zero-order chi connectivity index (χ0) is 14.7. The number of nitrogens with zero attached hydrogens (tertiary/aromatic N) is 2. The van der Waals surface area contributed by atoms with Crippen molar-refractivity contribution >= 4 is 5.69 Å². The Kier molecular flexibility index (Phi) is 5.06. The Morgan fingerprint density at radius 3 is 2.35 bits per heavy atom. The molecule has 1 fully saturated rings. The summed E-state index contributed by atoms with van der Waals surface area (Å²) >= 11 is 0. The Bertz CT molecular complexity index is 411. The van der Waals surface area contributed by atoms with Crippen LogP contribution in [0, 0.1) is 0 Å². The average Bonchev–Trinajstić information content (AvgIpc) is 2.46. The molecule has 20 heavy (non-hydrogen) atoms. The second-order valence-corrected chi connectivity index (χ2v) is 6.32. The lowest BCUT2D eigenvalue weighted by molar-refractivity contribution is 0.0890. The van der Waals surface area contributed by atoms with Gasteiger partial charge in [0, 0.05) is 37.9 Å². The van der Waals surface area contributed by atoms with Crippen molar-refractivity contribution in [3.63, 3.8) is 0 Å². The van der Waals surface area contributed by atoms with Crippen molar-refractivity contribution in [2.75, 3.05) is 25.5 Å². The zero-order valence-electron chi connectivity index (χ0n) is 13.3. The van der Waals surface area contributed by atoms with Gasteiger partial charge in [-0.25, -0.2) is 0 Å². The molecule has 0 amide bonds. The average molecular weight is 275 g/mol. The van der Waals surface area contributed by atoms with Gasteiger partial charge in [-0.15, -0.1) is 0 Å². The van der Waals surface area contributed by atoms with E-state index in [-0.39, 0.29) is 6.04 Å². The number of hydrogen-bond donors (Lipinski definition) is 1. The van der Waals surface area contributed by atoms with Gasteiger partial charge in [0.15, 0.2) is 0 Å². The van der Waals surface area contributed by atoms with E-state index in [1.165, 1.54) is 37.1 Å². The summed E-state index contributed by atoms with van der Waals surface area (Å²) in [5.74, 6) is 0. The quantitative estimate of drug-likeness (QED) is 0.917. The third-order valence-corrected chi connectivity index (χ3v) is 4.59. The molecular formula is C17H29N3. The summed E-state index contributed by atoms with van der Waals surface area (Å²) in [6.45, 7) is 5.62. The van der Waals surface area contributed by atoms with Crippen LogP contribution in [0.25, 0.3) is 0 Å². The monoisotopic (exact) mass is 275 g/mol. The lowest BCUT2D eigenvalue weighted by Crippen LogP contribution is -2.49. The lowest BCUT2D eigenvalue weighted by Gasteiger charge is -2.42. The first kappa shape index (κ1) is 15.3. The minimum absolute atomic E-state index is 0.249. The Hall–Kier alpha value is -1.06. The fourth-order valence-corrected chi connectivity index (χ4v) is 3.27. The lowest BCUT2D eigenvalue weighted by atomic mass is 9.93. The van der Waals surface area contributed by atoms with E-state index >= 15 is 0 Å². The van der Waals surface area contributed by atoms with Crippen molar-refractivity contribution in [1.82, 2.24) is 4.90 Å². The summed E-state index contributed by atoms with van der Waals surface area (Å²) in [5, 5.41) is 0. The van der Waals surface area contributed by atoms with Gasteiger partial charge in [0.2, 0.25) is 0 Å². The number of anilines is 1. The van der Waals surface area contributed by atoms with E-state index in [2.05, 4.69) is 62.0 Å². The van der Waals surface area contributed by atoms with Crippen molar-refractivity contribution in [2.24, 2.45) is 5.73 Å². The number of hydrogen-bond acceptors (Lipinski definition) is 3. The fraction of sp³-hybridized carbons (Fsp3) is 0.647. The van der Waals surface area contributed by atoms with Gasteiger partial charge in [0.05, 0.1) is 0 Å². The number of nitrogens with two attached hydrogens (primary N) is 1. The number of piperidine rings is 1. The molecule has 0 spiro atoms. The zero-order valence-corrected chi connectivity index (χ0v) is 13.3. The van der Waals surface area contributed by atoms with Crippen molar-refractivity contribution in [3.05, 3.63) is 29.8 Å². The van der Waals surface area contributed by atoms with E-state index in [9.17, 15) is 0 Å². The molecule has 112 valence electrons. The van der Waals surface area contributed by atoms with Gasteiger partial charge in [0.25, 0.3) is 0 Å². The second kappa shape index (κ2) is 6.59. The Labute approximate surface area is 123 Å². The van der Waals surface area contributed by atoms with E-state index < -0.39 is 0 Å². The molecule has 3 heteroatoms. The highest BCUT2D eigenvalue weighted by Crippen LogP contribution is 2.30. The van der Waals surface area contributed by atoms with Crippen LogP contribution in [0.5, 0.6) is 0 Å². The molecule has 1 heterocycles. The SMILES string of the molecule is CC(N)C1CCCCN1C(C)c1ccc(N(C)C)cc1. The molecule has 0 bridgehead atoms. The molecule has 1 aromatic rings. The van der Waals surface area contributed by atoms with Gasteiger partial charge < -0.3 is 10.6 Å². The van der Waals surface area contributed by atoms with Crippen LogP contribution in [-0.2, 0) is 0 Å². The fourth-order valence-electron chi connectivity index (χ4n) is 3.27. The standard InChI is InChI=1S/C17H29N3/c1-13(18)17-7-5-6-12-20(17)14(2)15-8-10-16(11-9-15)19(3)4/h8-11,13-14,17H,5-7,12,18H2,1-4H3. The Morgan fingerprint density at radius 1 is 1.15 bits per heavy atom. The Balaban J connectivity index is 2.14. The predicted molar refractivity (Wildman–Crippen MR) is 87.2 cm³/mol. The largest absolute Gasteiger partial charge is 0.378 e. The molecule has 1 aliphatic rings. The van der Waals surface area contributed by atoms with Crippen LogP contribution in [0.3, 0.4) is 0 Å². The molecule has 0 aliphatic carbocycles. The molecule has 0 aromatic heterocycles. The van der Waals surface area contributed by atoms with Crippen LogP contribution in [0.15, 0.2) is 24.3 Å². The molecule has 1 aromatic carbocycles. The van der Waals surface area contributed by atoms with Gasteiger partial charge in [0.1, 0.15) is 0 Å².